The largest absolute Gasteiger partial charge is 0.325 e. The van der Waals surface area contributed by atoms with Gasteiger partial charge in [-0.05, 0) is 61.9 Å². The first-order valence-electron chi connectivity index (χ1n) is 8.72. The predicted molar refractivity (Wildman–Crippen MR) is 89.6 cm³/mol. The van der Waals surface area contributed by atoms with Crippen LogP contribution >= 0.6 is 0 Å². The van der Waals surface area contributed by atoms with Crippen molar-refractivity contribution in [3.8, 4) is 6.07 Å². The topological polar surface area (TPSA) is 53.0 Å². The van der Waals surface area contributed by atoms with E-state index in [-0.39, 0.29) is 5.54 Å². The summed E-state index contributed by atoms with van der Waals surface area (Å²) in [5.74, 6) is 0. The summed E-state index contributed by atoms with van der Waals surface area (Å²) in [4.78, 5) is 2.56. The molecule has 118 valence electrons. The third-order valence-corrected chi connectivity index (χ3v) is 5.51. The highest BCUT2D eigenvalue weighted by atomic mass is 15.1. The fourth-order valence-electron chi connectivity index (χ4n) is 3.95. The van der Waals surface area contributed by atoms with E-state index in [0.717, 1.165) is 44.5 Å². The molecule has 0 unspecified atom stereocenters. The van der Waals surface area contributed by atoms with Gasteiger partial charge in [0.2, 0.25) is 0 Å². The zero-order valence-corrected chi connectivity index (χ0v) is 13.5. The molecule has 0 saturated heterocycles. The average molecular weight is 297 g/mol. The van der Waals surface area contributed by atoms with Gasteiger partial charge in [-0.2, -0.15) is 5.26 Å². The Morgan fingerprint density at radius 1 is 1.09 bits per heavy atom. The molecule has 1 aliphatic heterocycles. The summed E-state index contributed by atoms with van der Waals surface area (Å²) in [7, 11) is 0. The highest BCUT2D eigenvalue weighted by Gasteiger charge is 2.27. The smallest absolute Gasteiger partial charge is 0.0991 e. The maximum absolute atomic E-state index is 9.04. The van der Waals surface area contributed by atoms with Crippen LogP contribution in [0.3, 0.4) is 0 Å². The van der Waals surface area contributed by atoms with Gasteiger partial charge in [0.15, 0.2) is 0 Å². The van der Waals surface area contributed by atoms with Crippen molar-refractivity contribution >= 4 is 0 Å². The molecule has 1 aliphatic carbocycles. The number of fused-ring (bicyclic) bond motifs is 1. The first kappa shape index (κ1) is 15.5. The molecule has 0 atom stereocenters. The second-order valence-corrected chi connectivity index (χ2v) is 7.11. The standard InChI is InChI=1S/C19H27N3/c20-15-16-4-5-17-6-11-22(12-7-18(17)14-16)13-10-19(21)8-2-1-3-9-19/h4-5,14H,1-3,6-13,21H2. The summed E-state index contributed by atoms with van der Waals surface area (Å²) in [6.07, 6.45) is 9.66. The third kappa shape index (κ3) is 3.69. The lowest BCUT2D eigenvalue weighted by Crippen LogP contribution is -2.45. The van der Waals surface area contributed by atoms with E-state index in [9.17, 15) is 0 Å². The molecule has 1 aromatic rings. The van der Waals surface area contributed by atoms with Crippen molar-refractivity contribution in [2.24, 2.45) is 5.73 Å². The Kier molecular flexibility index (Phi) is 4.81. The SMILES string of the molecule is N#Cc1ccc2c(c1)CCN(CCC1(N)CCCCC1)CC2. The summed E-state index contributed by atoms with van der Waals surface area (Å²) in [5.41, 5.74) is 10.2. The first-order chi connectivity index (χ1) is 10.7. The van der Waals surface area contributed by atoms with Gasteiger partial charge >= 0.3 is 0 Å². The van der Waals surface area contributed by atoms with Gasteiger partial charge in [0.1, 0.15) is 0 Å². The van der Waals surface area contributed by atoms with Gasteiger partial charge in [0.05, 0.1) is 11.6 Å². The molecule has 1 fully saturated rings. The maximum Gasteiger partial charge on any atom is 0.0991 e. The van der Waals surface area contributed by atoms with Crippen LogP contribution in [0.2, 0.25) is 0 Å². The molecule has 0 amide bonds. The Morgan fingerprint density at radius 2 is 1.82 bits per heavy atom. The molecule has 3 heteroatoms. The highest BCUT2D eigenvalue weighted by molar-refractivity contribution is 5.39. The molecule has 0 radical (unpaired) electrons. The van der Waals surface area contributed by atoms with E-state index in [1.165, 1.54) is 43.2 Å². The van der Waals surface area contributed by atoms with Gasteiger partial charge in [-0.1, -0.05) is 25.3 Å². The van der Waals surface area contributed by atoms with E-state index in [2.05, 4.69) is 23.1 Å². The average Bonchev–Trinajstić information content (AvgIpc) is 2.75. The molecule has 0 bridgehead atoms. The zero-order valence-electron chi connectivity index (χ0n) is 13.5. The van der Waals surface area contributed by atoms with Crippen molar-refractivity contribution in [2.75, 3.05) is 19.6 Å². The number of hydrogen-bond acceptors (Lipinski definition) is 3. The molecule has 1 heterocycles. The van der Waals surface area contributed by atoms with Crippen LogP contribution in [-0.4, -0.2) is 30.1 Å². The van der Waals surface area contributed by atoms with Crippen molar-refractivity contribution in [1.82, 2.24) is 4.90 Å². The lowest BCUT2D eigenvalue weighted by atomic mass is 9.80. The maximum atomic E-state index is 9.04. The molecule has 3 nitrogen and oxygen atoms in total. The molecule has 0 spiro atoms. The van der Waals surface area contributed by atoms with E-state index < -0.39 is 0 Å². The van der Waals surface area contributed by atoms with Gasteiger partial charge in [-0.3, -0.25) is 0 Å². The van der Waals surface area contributed by atoms with Crippen molar-refractivity contribution < 1.29 is 0 Å². The van der Waals surface area contributed by atoms with Crippen LogP contribution in [0.4, 0.5) is 0 Å². The van der Waals surface area contributed by atoms with E-state index in [4.69, 9.17) is 11.0 Å². The van der Waals surface area contributed by atoms with Crippen molar-refractivity contribution in [1.29, 1.82) is 5.26 Å². The molecule has 2 aliphatic rings. The Balaban J connectivity index is 1.56. The Labute approximate surface area is 134 Å². The quantitative estimate of drug-likeness (QED) is 0.933. The Morgan fingerprint density at radius 3 is 2.55 bits per heavy atom. The van der Waals surface area contributed by atoms with Gasteiger partial charge in [0, 0.05) is 18.6 Å². The second-order valence-electron chi connectivity index (χ2n) is 7.11. The van der Waals surface area contributed by atoms with Crippen LogP contribution in [-0.2, 0) is 12.8 Å². The molecular weight excluding hydrogens is 270 g/mol. The predicted octanol–water partition coefficient (Wildman–Crippen LogP) is 3.01. The van der Waals surface area contributed by atoms with Crippen LogP contribution in [0.25, 0.3) is 0 Å². The van der Waals surface area contributed by atoms with Gasteiger partial charge in [-0.25, -0.2) is 0 Å². The summed E-state index contributed by atoms with van der Waals surface area (Å²) in [6, 6.07) is 8.42. The Hall–Kier alpha value is -1.37. The number of benzene rings is 1. The minimum absolute atomic E-state index is 0.0887. The van der Waals surface area contributed by atoms with Crippen molar-refractivity contribution in [3.63, 3.8) is 0 Å². The number of nitrogens with two attached hydrogens (primary N) is 1. The second kappa shape index (κ2) is 6.81. The minimum atomic E-state index is 0.0887. The van der Waals surface area contributed by atoms with Gasteiger partial charge < -0.3 is 10.6 Å². The zero-order chi connectivity index (χ0) is 15.4. The van der Waals surface area contributed by atoms with Crippen LogP contribution in [0.5, 0.6) is 0 Å². The molecule has 1 aromatic carbocycles. The van der Waals surface area contributed by atoms with Crippen LogP contribution < -0.4 is 5.73 Å². The number of nitrogens with zero attached hydrogens (tertiary/aromatic N) is 2. The third-order valence-electron chi connectivity index (χ3n) is 5.51. The summed E-state index contributed by atoms with van der Waals surface area (Å²) >= 11 is 0. The molecular formula is C19H27N3. The molecule has 3 rings (SSSR count). The summed E-state index contributed by atoms with van der Waals surface area (Å²) < 4.78 is 0. The lowest BCUT2D eigenvalue weighted by molar-refractivity contribution is 0.213. The lowest BCUT2D eigenvalue weighted by Gasteiger charge is -2.35. The fourth-order valence-corrected chi connectivity index (χ4v) is 3.95. The van der Waals surface area contributed by atoms with Gasteiger partial charge in [0.25, 0.3) is 0 Å². The van der Waals surface area contributed by atoms with E-state index in [1.54, 1.807) is 0 Å². The molecule has 0 aromatic heterocycles. The molecule has 1 saturated carbocycles. The van der Waals surface area contributed by atoms with Crippen molar-refractivity contribution in [2.45, 2.75) is 56.9 Å². The van der Waals surface area contributed by atoms with E-state index in [0.29, 0.717) is 0 Å². The first-order valence-corrected chi connectivity index (χ1v) is 8.72. The van der Waals surface area contributed by atoms with Crippen molar-refractivity contribution in [3.05, 3.63) is 34.9 Å². The summed E-state index contributed by atoms with van der Waals surface area (Å²) in [6.45, 7) is 3.34. The van der Waals surface area contributed by atoms with E-state index in [1.807, 2.05) is 6.07 Å². The van der Waals surface area contributed by atoms with E-state index >= 15 is 0 Å². The molecule has 2 N–H and O–H groups in total. The highest BCUT2D eigenvalue weighted by Crippen LogP contribution is 2.29. The van der Waals surface area contributed by atoms with Gasteiger partial charge in [-0.15, -0.1) is 0 Å². The monoisotopic (exact) mass is 297 g/mol. The number of hydrogen-bond donors (Lipinski definition) is 1. The number of nitriles is 1. The minimum Gasteiger partial charge on any atom is -0.325 e. The molecule has 22 heavy (non-hydrogen) atoms. The Bertz CT molecular complexity index is 552. The van der Waals surface area contributed by atoms with Crippen LogP contribution in [0.1, 0.15) is 55.2 Å². The number of rotatable bonds is 3. The van der Waals surface area contributed by atoms with Crippen LogP contribution in [0.15, 0.2) is 18.2 Å². The normalized spacial score (nSPS) is 21.6. The van der Waals surface area contributed by atoms with Crippen LogP contribution in [0, 0.1) is 11.3 Å². The summed E-state index contributed by atoms with van der Waals surface area (Å²) in [5, 5.41) is 9.04. The fraction of sp³-hybridized carbons (Fsp3) is 0.632.